The van der Waals surface area contributed by atoms with Crippen LogP contribution in [-0.4, -0.2) is 4.98 Å². The summed E-state index contributed by atoms with van der Waals surface area (Å²) < 4.78 is 5.97. The summed E-state index contributed by atoms with van der Waals surface area (Å²) in [5, 5.41) is 0. The summed E-state index contributed by atoms with van der Waals surface area (Å²) >= 11 is 3.46. The Hall–Kier alpha value is -1.17. The number of halogens is 1. The Kier molecular flexibility index (Phi) is 3.71. The zero-order valence-electron chi connectivity index (χ0n) is 8.56. The third kappa shape index (κ3) is 2.49. The molecule has 0 fully saturated rings. The van der Waals surface area contributed by atoms with Crippen molar-refractivity contribution in [1.82, 2.24) is 10.4 Å². The fourth-order valence-corrected chi connectivity index (χ4v) is 2.06. The molecule has 2 rings (SSSR count). The van der Waals surface area contributed by atoms with E-state index in [2.05, 4.69) is 26.3 Å². The van der Waals surface area contributed by atoms with Crippen molar-refractivity contribution < 1.29 is 4.42 Å². The summed E-state index contributed by atoms with van der Waals surface area (Å²) in [5.41, 5.74) is 4.74. The van der Waals surface area contributed by atoms with E-state index >= 15 is 0 Å². The third-order valence-corrected chi connectivity index (χ3v) is 3.01. The van der Waals surface area contributed by atoms with E-state index in [1.54, 1.807) is 18.7 Å². The van der Waals surface area contributed by atoms with Gasteiger partial charge in [0.1, 0.15) is 0 Å². The first-order chi connectivity index (χ1) is 7.81. The van der Waals surface area contributed by atoms with E-state index in [0.717, 1.165) is 22.2 Å². The second-order valence-electron chi connectivity index (χ2n) is 3.43. The Morgan fingerprint density at radius 3 is 3.00 bits per heavy atom. The smallest absolute Gasteiger partial charge is 0.0935 e. The standard InChI is InChI=1S/C11H12BrN3O/c12-9-2-1-4-14-11(9)10(15-13)6-8-3-5-16-7-8/h1-5,7,10,15H,6,13H2. The van der Waals surface area contributed by atoms with Gasteiger partial charge in [-0.3, -0.25) is 16.3 Å². The highest BCUT2D eigenvalue weighted by molar-refractivity contribution is 9.10. The number of hydrogen-bond acceptors (Lipinski definition) is 4. The first-order valence-electron chi connectivity index (χ1n) is 4.89. The molecule has 0 aromatic carbocycles. The van der Waals surface area contributed by atoms with Gasteiger partial charge in [0.2, 0.25) is 0 Å². The van der Waals surface area contributed by atoms with Gasteiger partial charge in [-0.1, -0.05) is 0 Å². The van der Waals surface area contributed by atoms with Crippen LogP contribution in [0.2, 0.25) is 0 Å². The molecule has 0 aliphatic rings. The van der Waals surface area contributed by atoms with E-state index in [0.29, 0.717) is 0 Å². The van der Waals surface area contributed by atoms with Crippen molar-refractivity contribution in [1.29, 1.82) is 0 Å². The Balaban J connectivity index is 2.20. The van der Waals surface area contributed by atoms with Gasteiger partial charge in [-0.2, -0.15) is 0 Å². The largest absolute Gasteiger partial charge is 0.472 e. The van der Waals surface area contributed by atoms with Gasteiger partial charge in [0.25, 0.3) is 0 Å². The number of pyridine rings is 1. The zero-order chi connectivity index (χ0) is 11.4. The molecule has 84 valence electrons. The number of nitrogens with zero attached hydrogens (tertiary/aromatic N) is 1. The lowest BCUT2D eigenvalue weighted by Gasteiger charge is -2.15. The predicted molar refractivity (Wildman–Crippen MR) is 64.4 cm³/mol. The van der Waals surface area contributed by atoms with E-state index in [-0.39, 0.29) is 6.04 Å². The minimum atomic E-state index is -0.0341. The molecule has 1 atom stereocenters. The van der Waals surface area contributed by atoms with Crippen molar-refractivity contribution in [2.75, 3.05) is 0 Å². The molecular formula is C11H12BrN3O. The predicted octanol–water partition coefficient (Wildman–Crippen LogP) is 2.18. The fourth-order valence-electron chi connectivity index (χ4n) is 1.53. The number of hydrazine groups is 1. The van der Waals surface area contributed by atoms with Crippen LogP contribution in [0.15, 0.2) is 45.8 Å². The summed E-state index contributed by atoms with van der Waals surface area (Å²) in [7, 11) is 0. The zero-order valence-corrected chi connectivity index (χ0v) is 10.1. The van der Waals surface area contributed by atoms with Crippen molar-refractivity contribution >= 4 is 15.9 Å². The molecule has 0 aliphatic heterocycles. The number of nitrogens with two attached hydrogens (primary N) is 1. The van der Waals surface area contributed by atoms with Crippen LogP contribution in [0.25, 0.3) is 0 Å². The highest BCUT2D eigenvalue weighted by Gasteiger charge is 2.15. The van der Waals surface area contributed by atoms with Gasteiger partial charge in [-0.15, -0.1) is 0 Å². The average molecular weight is 282 g/mol. The third-order valence-electron chi connectivity index (χ3n) is 2.34. The topological polar surface area (TPSA) is 64.1 Å². The molecule has 0 spiro atoms. The van der Waals surface area contributed by atoms with Crippen LogP contribution in [0.4, 0.5) is 0 Å². The van der Waals surface area contributed by atoms with Gasteiger partial charge >= 0.3 is 0 Å². The molecule has 1 unspecified atom stereocenters. The second kappa shape index (κ2) is 5.25. The minimum Gasteiger partial charge on any atom is -0.472 e. The summed E-state index contributed by atoms with van der Waals surface area (Å²) in [6.45, 7) is 0. The Labute approximate surface area is 102 Å². The van der Waals surface area contributed by atoms with Gasteiger partial charge < -0.3 is 4.42 Å². The monoisotopic (exact) mass is 281 g/mol. The molecule has 3 N–H and O–H groups in total. The number of rotatable bonds is 4. The average Bonchev–Trinajstić information content (AvgIpc) is 2.80. The SMILES string of the molecule is NNC(Cc1ccoc1)c1ncccc1Br. The Morgan fingerprint density at radius 2 is 2.38 bits per heavy atom. The maximum atomic E-state index is 5.55. The first kappa shape index (κ1) is 11.3. The van der Waals surface area contributed by atoms with E-state index < -0.39 is 0 Å². The molecule has 0 bridgehead atoms. The van der Waals surface area contributed by atoms with Crippen LogP contribution in [0.1, 0.15) is 17.3 Å². The number of nitrogens with one attached hydrogen (secondary N) is 1. The van der Waals surface area contributed by atoms with Crippen LogP contribution in [0, 0.1) is 0 Å². The summed E-state index contributed by atoms with van der Waals surface area (Å²) in [5.74, 6) is 5.55. The summed E-state index contributed by atoms with van der Waals surface area (Å²) in [6.07, 6.45) is 5.85. The molecule has 0 radical (unpaired) electrons. The quantitative estimate of drug-likeness (QED) is 0.666. The Bertz CT molecular complexity index is 444. The highest BCUT2D eigenvalue weighted by Crippen LogP contribution is 2.23. The fraction of sp³-hybridized carbons (Fsp3) is 0.182. The lowest BCUT2D eigenvalue weighted by molar-refractivity contribution is 0.525. The van der Waals surface area contributed by atoms with E-state index in [9.17, 15) is 0 Å². The van der Waals surface area contributed by atoms with Gasteiger partial charge in [0.15, 0.2) is 0 Å². The second-order valence-corrected chi connectivity index (χ2v) is 4.28. The van der Waals surface area contributed by atoms with Gasteiger partial charge in [-0.05, 0) is 46.1 Å². The normalized spacial score (nSPS) is 12.6. The molecule has 0 amide bonds. The highest BCUT2D eigenvalue weighted by atomic mass is 79.9. The van der Waals surface area contributed by atoms with Crippen LogP contribution < -0.4 is 11.3 Å². The van der Waals surface area contributed by atoms with Crippen LogP contribution in [-0.2, 0) is 6.42 Å². The van der Waals surface area contributed by atoms with E-state index in [1.165, 1.54) is 0 Å². The summed E-state index contributed by atoms with van der Waals surface area (Å²) in [6, 6.07) is 5.70. The van der Waals surface area contributed by atoms with Crippen molar-refractivity contribution in [3.8, 4) is 0 Å². The minimum absolute atomic E-state index is 0.0341. The molecule has 2 aromatic rings. The maximum Gasteiger partial charge on any atom is 0.0935 e. The van der Waals surface area contributed by atoms with Crippen molar-refractivity contribution in [3.05, 3.63) is 52.7 Å². The summed E-state index contributed by atoms with van der Waals surface area (Å²) in [4.78, 5) is 4.31. The lowest BCUT2D eigenvalue weighted by Crippen LogP contribution is -2.30. The molecule has 0 aliphatic carbocycles. The molecular weight excluding hydrogens is 270 g/mol. The molecule has 4 nitrogen and oxygen atoms in total. The van der Waals surface area contributed by atoms with E-state index in [1.807, 2.05) is 18.2 Å². The number of furan rings is 1. The van der Waals surface area contributed by atoms with Crippen molar-refractivity contribution in [3.63, 3.8) is 0 Å². The lowest BCUT2D eigenvalue weighted by atomic mass is 10.1. The molecule has 5 heteroatoms. The van der Waals surface area contributed by atoms with Gasteiger partial charge in [0.05, 0.1) is 24.3 Å². The first-order valence-corrected chi connectivity index (χ1v) is 5.68. The van der Waals surface area contributed by atoms with Crippen LogP contribution in [0.3, 0.4) is 0 Å². The Morgan fingerprint density at radius 1 is 1.50 bits per heavy atom. The molecule has 2 aromatic heterocycles. The van der Waals surface area contributed by atoms with Gasteiger partial charge in [-0.25, -0.2) is 0 Å². The van der Waals surface area contributed by atoms with E-state index in [4.69, 9.17) is 10.3 Å². The molecule has 0 saturated carbocycles. The maximum absolute atomic E-state index is 5.55. The molecule has 16 heavy (non-hydrogen) atoms. The number of aromatic nitrogens is 1. The van der Waals surface area contributed by atoms with Crippen molar-refractivity contribution in [2.45, 2.75) is 12.5 Å². The van der Waals surface area contributed by atoms with Gasteiger partial charge in [0, 0.05) is 10.7 Å². The van der Waals surface area contributed by atoms with Crippen LogP contribution >= 0.6 is 15.9 Å². The van der Waals surface area contributed by atoms with Crippen molar-refractivity contribution in [2.24, 2.45) is 5.84 Å². The molecule has 0 saturated heterocycles. The van der Waals surface area contributed by atoms with Crippen LogP contribution in [0.5, 0.6) is 0 Å². The molecule has 2 heterocycles. The number of hydrogen-bond donors (Lipinski definition) is 2.